The van der Waals surface area contributed by atoms with Gasteiger partial charge >= 0.3 is 0 Å². The quantitative estimate of drug-likeness (QED) is 0.736. The molecule has 0 bridgehead atoms. The fourth-order valence-corrected chi connectivity index (χ4v) is 3.11. The summed E-state index contributed by atoms with van der Waals surface area (Å²) >= 11 is 0. The third-order valence-electron chi connectivity index (χ3n) is 4.69. The van der Waals surface area contributed by atoms with Crippen LogP contribution in [0.15, 0.2) is 41.2 Å². The molecule has 3 aromatic rings. The third kappa shape index (κ3) is 3.78. The zero-order chi connectivity index (χ0) is 19.5. The van der Waals surface area contributed by atoms with E-state index in [2.05, 4.69) is 30.6 Å². The highest BCUT2D eigenvalue weighted by atomic mass is 16.5. The molecule has 0 spiro atoms. The van der Waals surface area contributed by atoms with Crippen LogP contribution in [0, 0.1) is 13.8 Å². The Hall–Kier alpha value is -3.49. The molecule has 28 heavy (non-hydrogen) atoms. The van der Waals surface area contributed by atoms with E-state index >= 15 is 0 Å². The maximum atomic E-state index is 12.5. The number of hydrogen-bond donors (Lipinski definition) is 1. The molecule has 0 saturated carbocycles. The van der Waals surface area contributed by atoms with Crippen LogP contribution in [0.2, 0.25) is 0 Å². The van der Waals surface area contributed by atoms with E-state index in [1.165, 1.54) is 6.20 Å². The van der Waals surface area contributed by atoms with E-state index in [9.17, 15) is 4.79 Å². The molecule has 1 amide bonds. The highest BCUT2D eigenvalue weighted by Crippen LogP contribution is 2.18. The Kier molecular flexibility index (Phi) is 4.88. The van der Waals surface area contributed by atoms with E-state index in [4.69, 9.17) is 4.52 Å². The lowest BCUT2D eigenvalue weighted by atomic mass is 10.2. The molecule has 144 valence electrons. The average Bonchev–Trinajstić information content (AvgIpc) is 3.14. The second-order valence-corrected chi connectivity index (χ2v) is 6.70. The first kappa shape index (κ1) is 17.9. The largest absolute Gasteiger partial charge is 0.361 e. The van der Waals surface area contributed by atoms with Gasteiger partial charge in [0.05, 0.1) is 6.20 Å². The van der Waals surface area contributed by atoms with Crippen LogP contribution in [-0.2, 0) is 0 Å². The number of hydrogen-bond acceptors (Lipinski definition) is 8. The Morgan fingerprint density at radius 2 is 1.89 bits per heavy atom. The molecular formula is C19H21N7O2. The van der Waals surface area contributed by atoms with Gasteiger partial charge in [0, 0.05) is 32.4 Å². The van der Waals surface area contributed by atoms with Crippen molar-refractivity contribution in [2.24, 2.45) is 0 Å². The number of aryl methyl sites for hydroxylation is 2. The smallest absolute Gasteiger partial charge is 0.259 e. The van der Waals surface area contributed by atoms with Crippen molar-refractivity contribution in [2.75, 3.05) is 36.4 Å². The Bertz CT molecular complexity index is 962. The summed E-state index contributed by atoms with van der Waals surface area (Å²) in [6.45, 7) is 6.36. The van der Waals surface area contributed by atoms with Gasteiger partial charge in [-0.05, 0) is 43.7 Å². The van der Waals surface area contributed by atoms with Gasteiger partial charge in [-0.1, -0.05) is 5.16 Å². The molecule has 9 nitrogen and oxygen atoms in total. The summed E-state index contributed by atoms with van der Waals surface area (Å²) in [6, 6.07) is 7.69. The minimum absolute atomic E-state index is 0.0466. The van der Waals surface area contributed by atoms with Gasteiger partial charge < -0.3 is 19.6 Å². The molecule has 0 atom stereocenters. The number of carbonyl (C=O) groups is 1. The highest BCUT2D eigenvalue weighted by molar-refractivity contribution is 5.94. The minimum Gasteiger partial charge on any atom is -0.361 e. The van der Waals surface area contributed by atoms with Crippen LogP contribution in [0.1, 0.15) is 21.7 Å². The molecule has 0 aliphatic carbocycles. The maximum absolute atomic E-state index is 12.5. The van der Waals surface area contributed by atoms with E-state index in [0.717, 1.165) is 17.2 Å². The Balaban J connectivity index is 1.36. The molecule has 0 unspecified atom stereocenters. The molecule has 1 aliphatic heterocycles. The second-order valence-electron chi connectivity index (χ2n) is 6.70. The molecule has 1 N–H and O–H groups in total. The second kappa shape index (κ2) is 7.63. The van der Waals surface area contributed by atoms with Gasteiger partial charge in [-0.15, -0.1) is 10.2 Å². The lowest BCUT2D eigenvalue weighted by Gasteiger charge is -2.35. The number of nitrogens with zero attached hydrogens (tertiary/aromatic N) is 6. The van der Waals surface area contributed by atoms with Crippen LogP contribution in [0.3, 0.4) is 0 Å². The topological polar surface area (TPSA) is 100 Å². The number of rotatable bonds is 4. The summed E-state index contributed by atoms with van der Waals surface area (Å²) in [5.74, 6) is 2.66. The lowest BCUT2D eigenvalue weighted by molar-refractivity contribution is 0.0744. The fourth-order valence-electron chi connectivity index (χ4n) is 3.11. The molecule has 9 heteroatoms. The van der Waals surface area contributed by atoms with Crippen LogP contribution >= 0.6 is 0 Å². The summed E-state index contributed by atoms with van der Waals surface area (Å²) in [5.41, 5.74) is 1.64. The van der Waals surface area contributed by atoms with Crippen molar-refractivity contribution in [2.45, 2.75) is 13.8 Å². The Morgan fingerprint density at radius 1 is 1.07 bits per heavy atom. The molecule has 1 saturated heterocycles. The lowest BCUT2D eigenvalue weighted by Crippen LogP contribution is -2.49. The monoisotopic (exact) mass is 379 g/mol. The van der Waals surface area contributed by atoms with Crippen molar-refractivity contribution in [1.82, 2.24) is 25.2 Å². The van der Waals surface area contributed by atoms with Crippen LogP contribution in [0.5, 0.6) is 0 Å². The Labute approximate surface area is 162 Å². The fraction of sp³-hybridized carbons (Fsp3) is 0.316. The van der Waals surface area contributed by atoms with Gasteiger partial charge in [0.1, 0.15) is 17.1 Å². The number of pyridine rings is 1. The summed E-state index contributed by atoms with van der Waals surface area (Å²) < 4.78 is 4.99. The zero-order valence-corrected chi connectivity index (χ0v) is 15.8. The van der Waals surface area contributed by atoms with Gasteiger partial charge in [0.2, 0.25) is 0 Å². The first-order valence-corrected chi connectivity index (χ1v) is 9.09. The highest BCUT2D eigenvalue weighted by Gasteiger charge is 2.25. The van der Waals surface area contributed by atoms with E-state index in [1.54, 1.807) is 13.1 Å². The molecule has 0 aromatic carbocycles. The number of amides is 1. The van der Waals surface area contributed by atoms with Crippen molar-refractivity contribution < 1.29 is 9.32 Å². The third-order valence-corrected chi connectivity index (χ3v) is 4.69. The maximum Gasteiger partial charge on any atom is 0.259 e. The minimum atomic E-state index is -0.0466. The van der Waals surface area contributed by atoms with Gasteiger partial charge in [0.25, 0.3) is 5.91 Å². The number of carbonyl (C=O) groups excluding carboxylic acids is 1. The van der Waals surface area contributed by atoms with Crippen molar-refractivity contribution in [3.8, 4) is 0 Å². The average molecular weight is 379 g/mol. The molecule has 1 fully saturated rings. The number of anilines is 3. The van der Waals surface area contributed by atoms with Crippen LogP contribution in [0.25, 0.3) is 0 Å². The van der Waals surface area contributed by atoms with Crippen molar-refractivity contribution in [1.29, 1.82) is 0 Å². The normalized spacial score (nSPS) is 14.2. The molecule has 1 aliphatic rings. The van der Waals surface area contributed by atoms with Gasteiger partial charge in [-0.25, -0.2) is 4.98 Å². The summed E-state index contributed by atoms with van der Waals surface area (Å²) in [5, 5.41) is 15.4. The number of piperazine rings is 1. The van der Waals surface area contributed by atoms with Crippen LogP contribution in [-0.4, -0.2) is 57.3 Å². The molecule has 4 rings (SSSR count). The first-order chi connectivity index (χ1) is 13.6. The van der Waals surface area contributed by atoms with E-state index in [-0.39, 0.29) is 5.91 Å². The van der Waals surface area contributed by atoms with Gasteiger partial charge in [-0.2, -0.15) is 0 Å². The summed E-state index contributed by atoms with van der Waals surface area (Å²) in [6.07, 6.45) is 3.23. The van der Waals surface area contributed by atoms with Crippen molar-refractivity contribution in [3.63, 3.8) is 0 Å². The number of nitrogens with one attached hydrogen (secondary N) is 1. The predicted molar refractivity (Wildman–Crippen MR) is 104 cm³/mol. The van der Waals surface area contributed by atoms with Crippen LogP contribution in [0.4, 0.5) is 17.5 Å². The van der Waals surface area contributed by atoms with Crippen LogP contribution < -0.4 is 10.2 Å². The van der Waals surface area contributed by atoms with Gasteiger partial charge in [0.15, 0.2) is 11.6 Å². The molecular weight excluding hydrogens is 358 g/mol. The van der Waals surface area contributed by atoms with E-state index in [1.807, 2.05) is 36.1 Å². The van der Waals surface area contributed by atoms with Crippen molar-refractivity contribution in [3.05, 3.63) is 53.5 Å². The van der Waals surface area contributed by atoms with E-state index < -0.39 is 0 Å². The molecule has 3 aromatic heterocycles. The van der Waals surface area contributed by atoms with Gasteiger partial charge in [-0.3, -0.25) is 4.79 Å². The zero-order valence-electron chi connectivity index (χ0n) is 15.8. The standard InChI is InChI=1S/C19H21N7O2/c1-13-5-6-20-17(11-13)22-16-3-4-18(24-23-16)25-7-9-26(10-8-25)19(27)15-12-21-28-14(15)2/h3-6,11-12H,7-10H2,1-2H3,(H,20,22,23). The first-order valence-electron chi connectivity index (χ1n) is 9.09. The number of aromatic nitrogens is 4. The summed E-state index contributed by atoms with van der Waals surface area (Å²) in [7, 11) is 0. The van der Waals surface area contributed by atoms with E-state index in [0.29, 0.717) is 43.3 Å². The molecule has 4 heterocycles. The predicted octanol–water partition coefficient (Wildman–Crippen LogP) is 2.18. The van der Waals surface area contributed by atoms with Crippen molar-refractivity contribution >= 4 is 23.4 Å². The SMILES string of the molecule is Cc1ccnc(Nc2ccc(N3CCN(C(=O)c4cnoc4C)CC3)nn2)c1. The Morgan fingerprint density at radius 3 is 2.54 bits per heavy atom. The molecule has 0 radical (unpaired) electrons. The summed E-state index contributed by atoms with van der Waals surface area (Å²) in [4.78, 5) is 20.7.